The minimum atomic E-state index is 0.102. The molecule has 0 radical (unpaired) electrons. The summed E-state index contributed by atoms with van der Waals surface area (Å²) in [6, 6.07) is 0.996. The van der Waals surface area contributed by atoms with Gasteiger partial charge < -0.3 is 10.6 Å². The van der Waals surface area contributed by atoms with Gasteiger partial charge in [-0.3, -0.25) is 9.69 Å². The summed E-state index contributed by atoms with van der Waals surface area (Å²) in [5.74, 6) is 0.102. The molecule has 5 nitrogen and oxygen atoms in total. The molecule has 0 atom stereocenters. The Morgan fingerprint density at radius 1 is 1.33 bits per heavy atom. The van der Waals surface area contributed by atoms with Crippen molar-refractivity contribution in [1.29, 1.82) is 0 Å². The lowest BCUT2D eigenvalue weighted by Crippen LogP contribution is -2.38. The maximum absolute atomic E-state index is 11.7. The summed E-state index contributed by atoms with van der Waals surface area (Å²) in [6.07, 6.45) is 4.99. The van der Waals surface area contributed by atoms with Gasteiger partial charge in [0, 0.05) is 38.1 Å². The first-order chi connectivity index (χ1) is 9.95. The number of carbonyl (C=O) groups excluding carboxylic acids is 1. The van der Waals surface area contributed by atoms with Gasteiger partial charge in [0.25, 0.3) is 0 Å². The Labute approximate surface area is 131 Å². The number of rotatable bonds is 5. The smallest absolute Gasteiger partial charge is 0.228 e. The second kappa shape index (κ2) is 7.33. The molecule has 0 unspecified atom stereocenters. The Morgan fingerprint density at radius 3 is 2.62 bits per heavy atom. The van der Waals surface area contributed by atoms with Crippen LogP contribution in [0.25, 0.3) is 0 Å². The first kappa shape index (κ1) is 16.4. The predicted octanol–water partition coefficient (Wildman–Crippen LogP) is 1.48. The number of nitrogens with zero attached hydrogens (tertiary/aromatic N) is 3. The number of hydrogen-bond donors (Lipinski definition) is 1. The Kier molecular flexibility index (Phi) is 5.72. The fourth-order valence-electron chi connectivity index (χ4n) is 2.72. The van der Waals surface area contributed by atoms with Gasteiger partial charge in [0.05, 0.1) is 12.1 Å². The highest BCUT2D eigenvalue weighted by atomic mass is 32.1. The van der Waals surface area contributed by atoms with Gasteiger partial charge in [-0.1, -0.05) is 0 Å². The van der Waals surface area contributed by atoms with Crippen LogP contribution in [-0.4, -0.2) is 53.9 Å². The maximum atomic E-state index is 11.7. The van der Waals surface area contributed by atoms with E-state index < -0.39 is 0 Å². The van der Waals surface area contributed by atoms with Crippen molar-refractivity contribution >= 4 is 17.2 Å². The molecule has 1 fully saturated rings. The maximum Gasteiger partial charge on any atom is 0.228 e. The van der Waals surface area contributed by atoms with Crippen LogP contribution < -0.4 is 5.73 Å². The van der Waals surface area contributed by atoms with Crippen molar-refractivity contribution in [2.24, 2.45) is 5.73 Å². The van der Waals surface area contributed by atoms with Crippen molar-refractivity contribution in [3.8, 4) is 0 Å². The van der Waals surface area contributed by atoms with Crippen LogP contribution in [0.15, 0.2) is 5.38 Å². The number of likely N-dealkylation sites (N-methyl/N-ethyl adjacent to an activating group) is 1. The molecule has 6 heteroatoms. The number of hydrogen-bond acceptors (Lipinski definition) is 5. The standard InChI is InChI=1S/C15H26N4OS/c1-18(2)15(20)8-14-17-12(10-21-14)9-19(3)13-6-4-11(16)5-7-13/h10-11,13H,4-9,16H2,1-3H3. The Bertz CT molecular complexity index is 466. The highest BCUT2D eigenvalue weighted by Crippen LogP contribution is 2.23. The van der Waals surface area contributed by atoms with Gasteiger partial charge in [0.1, 0.15) is 5.01 Å². The Morgan fingerprint density at radius 2 is 2.00 bits per heavy atom. The molecule has 0 bridgehead atoms. The van der Waals surface area contributed by atoms with Gasteiger partial charge in [-0.25, -0.2) is 4.98 Å². The van der Waals surface area contributed by atoms with Crippen molar-refractivity contribution in [2.45, 2.75) is 50.7 Å². The minimum absolute atomic E-state index is 0.102. The fraction of sp³-hybridized carbons (Fsp3) is 0.733. The molecule has 0 aliphatic heterocycles. The number of thiazole rings is 1. The van der Waals surface area contributed by atoms with Crippen molar-refractivity contribution < 1.29 is 4.79 Å². The van der Waals surface area contributed by atoms with Crippen molar-refractivity contribution in [3.63, 3.8) is 0 Å². The SMILES string of the molecule is CN(C)C(=O)Cc1nc(CN(C)C2CCC(N)CC2)cs1. The second-order valence-corrected chi connectivity index (χ2v) is 7.12. The third-order valence-electron chi connectivity index (χ3n) is 4.18. The zero-order chi connectivity index (χ0) is 15.4. The van der Waals surface area contributed by atoms with Crippen LogP contribution in [0.2, 0.25) is 0 Å². The Balaban J connectivity index is 1.85. The van der Waals surface area contributed by atoms with Gasteiger partial charge >= 0.3 is 0 Å². The summed E-state index contributed by atoms with van der Waals surface area (Å²) < 4.78 is 0. The average molecular weight is 310 g/mol. The van der Waals surface area contributed by atoms with Gasteiger partial charge in [0.15, 0.2) is 0 Å². The molecule has 21 heavy (non-hydrogen) atoms. The molecule has 1 aromatic rings. The van der Waals surface area contributed by atoms with E-state index >= 15 is 0 Å². The molecule has 1 amide bonds. The van der Waals surface area contributed by atoms with Crippen LogP contribution in [0.1, 0.15) is 36.4 Å². The molecule has 1 aliphatic rings. The van der Waals surface area contributed by atoms with E-state index in [1.165, 1.54) is 12.8 Å². The average Bonchev–Trinajstić information content (AvgIpc) is 2.86. The van der Waals surface area contributed by atoms with E-state index in [1.807, 2.05) is 0 Å². The molecule has 2 N–H and O–H groups in total. The van der Waals surface area contributed by atoms with Gasteiger partial charge in [-0.15, -0.1) is 11.3 Å². The first-order valence-electron chi connectivity index (χ1n) is 7.55. The van der Waals surface area contributed by atoms with Gasteiger partial charge in [0.2, 0.25) is 5.91 Å². The van der Waals surface area contributed by atoms with Crippen LogP contribution >= 0.6 is 11.3 Å². The molecule has 1 aliphatic carbocycles. The lowest BCUT2D eigenvalue weighted by molar-refractivity contribution is -0.127. The molecule has 118 valence electrons. The summed E-state index contributed by atoms with van der Waals surface area (Å²) in [5, 5.41) is 2.98. The molecule has 1 saturated carbocycles. The molecule has 0 spiro atoms. The monoisotopic (exact) mass is 310 g/mol. The summed E-state index contributed by atoms with van der Waals surface area (Å²) in [7, 11) is 5.71. The summed E-state index contributed by atoms with van der Waals surface area (Å²) in [4.78, 5) is 20.3. The van der Waals surface area contributed by atoms with Crippen LogP contribution in [0.3, 0.4) is 0 Å². The molecule has 1 heterocycles. The second-order valence-electron chi connectivity index (χ2n) is 6.18. The molecular formula is C15H26N4OS. The van der Waals surface area contributed by atoms with Crippen LogP contribution in [-0.2, 0) is 17.8 Å². The van der Waals surface area contributed by atoms with E-state index in [-0.39, 0.29) is 5.91 Å². The first-order valence-corrected chi connectivity index (χ1v) is 8.43. The van der Waals surface area contributed by atoms with Gasteiger partial charge in [-0.2, -0.15) is 0 Å². The van der Waals surface area contributed by atoms with E-state index in [1.54, 1.807) is 30.3 Å². The molecule has 0 aromatic carbocycles. The highest BCUT2D eigenvalue weighted by molar-refractivity contribution is 7.09. The van der Waals surface area contributed by atoms with E-state index in [4.69, 9.17) is 5.73 Å². The third kappa shape index (κ3) is 4.76. The third-order valence-corrected chi connectivity index (χ3v) is 5.07. The largest absolute Gasteiger partial charge is 0.348 e. The van der Waals surface area contributed by atoms with Crippen molar-refractivity contribution in [3.05, 3.63) is 16.1 Å². The van der Waals surface area contributed by atoms with E-state index in [0.29, 0.717) is 18.5 Å². The Hall–Kier alpha value is -0.980. The van der Waals surface area contributed by atoms with E-state index in [2.05, 4.69) is 22.3 Å². The zero-order valence-corrected chi connectivity index (χ0v) is 14.0. The van der Waals surface area contributed by atoms with E-state index in [0.717, 1.165) is 30.1 Å². The summed E-state index contributed by atoms with van der Waals surface area (Å²) in [6.45, 7) is 0.854. The minimum Gasteiger partial charge on any atom is -0.348 e. The van der Waals surface area contributed by atoms with Crippen LogP contribution in [0.4, 0.5) is 0 Å². The normalized spacial score (nSPS) is 22.5. The lowest BCUT2D eigenvalue weighted by Gasteiger charge is -2.33. The number of amides is 1. The predicted molar refractivity (Wildman–Crippen MR) is 86.2 cm³/mol. The molecular weight excluding hydrogens is 284 g/mol. The fourth-order valence-corrected chi connectivity index (χ4v) is 3.49. The summed E-state index contributed by atoms with van der Waals surface area (Å²) >= 11 is 1.58. The van der Waals surface area contributed by atoms with Crippen molar-refractivity contribution in [2.75, 3.05) is 21.1 Å². The number of carbonyl (C=O) groups is 1. The highest BCUT2D eigenvalue weighted by Gasteiger charge is 2.22. The molecule has 2 rings (SSSR count). The number of aromatic nitrogens is 1. The number of nitrogens with two attached hydrogens (primary N) is 1. The quantitative estimate of drug-likeness (QED) is 0.895. The lowest BCUT2D eigenvalue weighted by atomic mass is 9.91. The van der Waals surface area contributed by atoms with Crippen molar-refractivity contribution in [1.82, 2.24) is 14.8 Å². The topological polar surface area (TPSA) is 62.5 Å². The zero-order valence-electron chi connectivity index (χ0n) is 13.2. The van der Waals surface area contributed by atoms with Crippen LogP contribution in [0.5, 0.6) is 0 Å². The molecule has 1 aromatic heterocycles. The van der Waals surface area contributed by atoms with Crippen LogP contribution in [0, 0.1) is 0 Å². The van der Waals surface area contributed by atoms with E-state index in [9.17, 15) is 4.79 Å². The molecule has 0 saturated heterocycles. The van der Waals surface area contributed by atoms with Gasteiger partial charge in [-0.05, 0) is 32.7 Å². The summed E-state index contributed by atoms with van der Waals surface area (Å²) in [5.41, 5.74) is 7.03.